The van der Waals surface area contributed by atoms with E-state index in [9.17, 15) is 13.6 Å². The Morgan fingerprint density at radius 1 is 1.14 bits per heavy atom. The maximum Gasteiger partial charge on any atom is 0.251 e. The molecule has 6 heteroatoms. The molecule has 0 bridgehead atoms. The summed E-state index contributed by atoms with van der Waals surface area (Å²) in [5.74, 6) is -2.03. The second-order valence-corrected chi connectivity index (χ2v) is 4.78. The van der Waals surface area contributed by atoms with E-state index in [1.165, 1.54) is 13.1 Å². The van der Waals surface area contributed by atoms with E-state index in [1.807, 2.05) is 0 Å². The van der Waals surface area contributed by atoms with Gasteiger partial charge in [-0.1, -0.05) is 17.7 Å². The first kappa shape index (κ1) is 15.3. The summed E-state index contributed by atoms with van der Waals surface area (Å²) < 4.78 is 26.0. The first-order chi connectivity index (χ1) is 10.0. The summed E-state index contributed by atoms with van der Waals surface area (Å²) in [4.78, 5) is 11.6. The lowest BCUT2D eigenvalue weighted by Gasteiger charge is -2.10. The molecule has 0 aliphatic carbocycles. The van der Waals surface area contributed by atoms with E-state index in [0.717, 1.165) is 12.1 Å². The number of rotatable bonds is 4. The second kappa shape index (κ2) is 6.54. The molecular formula is C15H13ClF2N2O. The summed E-state index contributed by atoms with van der Waals surface area (Å²) in [6.07, 6.45) is 0. The zero-order valence-electron chi connectivity index (χ0n) is 11.2. The van der Waals surface area contributed by atoms with E-state index >= 15 is 0 Å². The predicted molar refractivity (Wildman–Crippen MR) is 78.5 cm³/mol. The van der Waals surface area contributed by atoms with Gasteiger partial charge in [0.15, 0.2) is 11.6 Å². The van der Waals surface area contributed by atoms with E-state index in [2.05, 4.69) is 10.6 Å². The van der Waals surface area contributed by atoms with Crippen LogP contribution < -0.4 is 10.6 Å². The largest absolute Gasteiger partial charge is 0.380 e. The first-order valence-electron chi connectivity index (χ1n) is 6.20. The molecule has 2 N–H and O–H groups in total. The summed E-state index contributed by atoms with van der Waals surface area (Å²) in [5.41, 5.74) is 1.56. The molecule has 2 aromatic rings. The zero-order valence-corrected chi connectivity index (χ0v) is 12.0. The fraction of sp³-hybridized carbons (Fsp3) is 0.133. The molecular weight excluding hydrogens is 298 g/mol. The highest BCUT2D eigenvalue weighted by molar-refractivity contribution is 6.33. The summed E-state index contributed by atoms with van der Waals surface area (Å²) in [7, 11) is 1.53. The number of carbonyl (C=O) groups is 1. The van der Waals surface area contributed by atoms with Gasteiger partial charge in [-0.3, -0.25) is 4.79 Å². The molecule has 0 saturated heterocycles. The molecule has 0 heterocycles. The molecule has 0 radical (unpaired) electrons. The van der Waals surface area contributed by atoms with Gasteiger partial charge in [0.1, 0.15) is 0 Å². The fourth-order valence-electron chi connectivity index (χ4n) is 1.79. The minimum atomic E-state index is -0.903. The van der Waals surface area contributed by atoms with E-state index in [1.54, 1.807) is 18.2 Å². The number of amides is 1. The van der Waals surface area contributed by atoms with Crippen molar-refractivity contribution in [1.29, 1.82) is 0 Å². The van der Waals surface area contributed by atoms with Gasteiger partial charge in [0, 0.05) is 19.2 Å². The van der Waals surface area contributed by atoms with Crippen molar-refractivity contribution in [2.24, 2.45) is 0 Å². The van der Waals surface area contributed by atoms with Crippen molar-refractivity contribution in [1.82, 2.24) is 5.32 Å². The Labute approximate surface area is 125 Å². The summed E-state index contributed by atoms with van der Waals surface area (Å²) in [6.45, 7) is 0.258. The highest BCUT2D eigenvalue weighted by Gasteiger charge is 2.08. The molecule has 0 aliphatic rings. The third kappa shape index (κ3) is 3.70. The first-order valence-corrected chi connectivity index (χ1v) is 6.58. The molecule has 0 spiro atoms. The van der Waals surface area contributed by atoms with E-state index in [4.69, 9.17) is 11.6 Å². The highest BCUT2D eigenvalue weighted by atomic mass is 35.5. The van der Waals surface area contributed by atoms with Crippen LogP contribution in [-0.4, -0.2) is 13.0 Å². The monoisotopic (exact) mass is 310 g/mol. The van der Waals surface area contributed by atoms with Gasteiger partial charge in [-0.15, -0.1) is 0 Å². The Morgan fingerprint density at radius 2 is 1.90 bits per heavy atom. The Balaban J connectivity index is 2.15. The quantitative estimate of drug-likeness (QED) is 0.906. The molecule has 0 saturated carbocycles. The summed E-state index contributed by atoms with van der Waals surface area (Å²) >= 11 is 6.04. The van der Waals surface area contributed by atoms with Gasteiger partial charge in [-0.2, -0.15) is 0 Å². The molecule has 3 nitrogen and oxygen atoms in total. The van der Waals surface area contributed by atoms with Gasteiger partial charge in [0.05, 0.1) is 10.7 Å². The summed E-state index contributed by atoms with van der Waals surface area (Å²) in [5, 5.41) is 5.94. The molecule has 110 valence electrons. The molecule has 2 rings (SSSR count). The fourth-order valence-corrected chi connectivity index (χ4v) is 1.98. The Kier molecular flexibility index (Phi) is 4.75. The van der Waals surface area contributed by atoms with Crippen molar-refractivity contribution in [2.45, 2.75) is 6.54 Å². The van der Waals surface area contributed by atoms with E-state index in [-0.39, 0.29) is 12.5 Å². The molecule has 2 aromatic carbocycles. The van der Waals surface area contributed by atoms with Crippen molar-refractivity contribution < 1.29 is 13.6 Å². The summed E-state index contributed by atoms with van der Waals surface area (Å²) in [6, 6.07) is 8.44. The standard InChI is InChI=1S/C15H13ClF2N2O/c1-19-15(21)10-3-4-11(16)14(7-10)20-8-9-2-5-12(17)13(18)6-9/h2-7,20H,8H2,1H3,(H,19,21). The van der Waals surface area contributed by atoms with Crippen molar-refractivity contribution in [3.63, 3.8) is 0 Å². The average Bonchev–Trinajstić information content (AvgIpc) is 2.49. The molecule has 0 unspecified atom stereocenters. The highest BCUT2D eigenvalue weighted by Crippen LogP contribution is 2.24. The normalized spacial score (nSPS) is 10.3. The minimum Gasteiger partial charge on any atom is -0.380 e. The van der Waals surface area contributed by atoms with Gasteiger partial charge in [0.25, 0.3) is 5.91 Å². The molecule has 1 amide bonds. The van der Waals surface area contributed by atoms with Gasteiger partial charge in [-0.05, 0) is 35.9 Å². The minimum absolute atomic E-state index is 0.234. The van der Waals surface area contributed by atoms with Crippen LogP contribution in [0.4, 0.5) is 14.5 Å². The number of hydrogen-bond acceptors (Lipinski definition) is 2. The van der Waals surface area contributed by atoms with Crippen LogP contribution in [0.2, 0.25) is 5.02 Å². The number of nitrogens with one attached hydrogen (secondary N) is 2. The van der Waals surface area contributed by atoms with Crippen LogP contribution in [0.1, 0.15) is 15.9 Å². The smallest absolute Gasteiger partial charge is 0.251 e. The molecule has 0 aliphatic heterocycles. The third-order valence-electron chi connectivity index (χ3n) is 2.92. The van der Waals surface area contributed by atoms with Crippen LogP contribution in [-0.2, 0) is 6.54 Å². The topological polar surface area (TPSA) is 41.1 Å². The Bertz CT molecular complexity index is 677. The van der Waals surface area contributed by atoms with Crippen LogP contribution >= 0.6 is 11.6 Å². The van der Waals surface area contributed by atoms with Crippen LogP contribution in [0.15, 0.2) is 36.4 Å². The van der Waals surface area contributed by atoms with Gasteiger partial charge >= 0.3 is 0 Å². The lowest BCUT2D eigenvalue weighted by atomic mass is 10.1. The number of hydrogen-bond donors (Lipinski definition) is 2. The third-order valence-corrected chi connectivity index (χ3v) is 3.25. The second-order valence-electron chi connectivity index (χ2n) is 4.38. The van der Waals surface area contributed by atoms with Gasteiger partial charge in [0.2, 0.25) is 0 Å². The van der Waals surface area contributed by atoms with Crippen molar-refractivity contribution in [3.05, 3.63) is 64.2 Å². The number of benzene rings is 2. The molecule has 0 aromatic heterocycles. The number of halogens is 3. The number of carbonyl (C=O) groups excluding carboxylic acids is 1. The lowest BCUT2D eigenvalue weighted by Crippen LogP contribution is -2.17. The van der Waals surface area contributed by atoms with Crippen molar-refractivity contribution >= 4 is 23.2 Å². The maximum absolute atomic E-state index is 13.1. The van der Waals surface area contributed by atoms with Crippen LogP contribution in [0.25, 0.3) is 0 Å². The zero-order chi connectivity index (χ0) is 15.4. The molecule has 21 heavy (non-hydrogen) atoms. The van der Waals surface area contributed by atoms with E-state index < -0.39 is 11.6 Å². The van der Waals surface area contributed by atoms with Gasteiger partial charge < -0.3 is 10.6 Å². The van der Waals surface area contributed by atoms with E-state index in [0.29, 0.717) is 21.8 Å². The van der Waals surface area contributed by atoms with Crippen LogP contribution in [0.5, 0.6) is 0 Å². The van der Waals surface area contributed by atoms with Crippen molar-refractivity contribution in [3.8, 4) is 0 Å². The Morgan fingerprint density at radius 3 is 2.57 bits per heavy atom. The lowest BCUT2D eigenvalue weighted by molar-refractivity contribution is 0.0963. The SMILES string of the molecule is CNC(=O)c1ccc(Cl)c(NCc2ccc(F)c(F)c2)c1. The van der Waals surface area contributed by atoms with Crippen molar-refractivity contribution in [2.75, 3.05) is 12.4 Å². The number of anilines is 1. The Hall–Kier alpha value is -2.14. The van der Waals surface area contributed by atoms with Crippen LogP contribution in [0.3, 0.4) is 0 Å². The average molecular weight is 311 g/mol. The molecule has 0 atom stereocenters. The van der Waals surface area contributed by atoms with Crippen LogP contribution in [0, 0.1) is 11.6 Å². The maximum atomic E-state index is 13.1. The predicted octanol–water partition coefficient (Wildman–Crippen LogP) is 3.59. The van der Waals surface area contributed by atoms with Gasteiger partial charge in [-0.25, -0.2) is 8.78 Å². The molecule has 0 fully saturated rings.